The normalized spacial score (nSPS) is 10.2. The lowest BCUT2D eigenvalue weighted by atomic mass is 10.1. The van der Waals surface area contributed by atoms with Crippen molar-refractivity contribution < 1.29 is 14.3 Å². The van der Waals surface area contributed by atoms with E-state index in [2.05, 4.69) is 17.6 Å². The molecule has 2 N–H and O–H groups in total. The van der Waals surface area contributed by atoms with Crippen LogP contribution in [0.15, 0.2) is 24.3 Å². The highest BCUT2D eigenvalue weighted by atomic mass is 16.5. The lowest BCUT2D eigenvalue weighted by Gasteiger charge is -2.08. The minimum absolute atomic E-state index is 0.306. The molecule has 0 atom stereocenters. The lowest BCUT2D eigenvalue weighted by Crippen LogP contribution is -2.39. The molecule has 0 saturated heterocycles. The Morgan fingerprint density at radius 3 is 2.33 bits per heavy atom. The summed E-state index contributed by atoms with van der Waals surface area (Å²) >= 11 is 0. The summed E-state index contributed by atoms with van der Waals surface area (Å²) in [5.41, 5.74) is 0.891. The van der Waals surface area contributed by atoms with Crippen LogP contribution in [-0.2, 0) is 16.1 Å². The third-order valence-corrected chi connectivity index (χ3v) is 3.86. The van der Waals surface area contributed by atoms with Gasteiger partial charge in [0, 0.05) is 13.1 Å². The average molecular weight is 334 g/mol. The van der Waals surface area contributed by atoms with Gasteiger partial charge in [0.05, 0.1) is 7.11 Å². The second kappa shape index (κ2) is 12.4. The molecule has 5 nitrogen and oxygen atoms in total. The van der Waals surface area contributed by atoms with Gasteiger partial charge in [-0.25, -0.2) is 0 Å². The van der Waals surface area contributed by atoms with E-state index < -0.39 is 11.8 Å². The van der Waals surface area contributed by atoms with E-state index in [0.717, 1.165) is 24.2 Å². The van der Waals surface area contributed by atoms with Crippen LogP contribution < -0.4 is 15.4 Å². The number of carbonyl (C=O) groups is 2. The Bertz CT molecular complexity index is 503. The van der Waals surface area contributed by atoms with E-state index in [4.69, 9.17) is 4.74 Å². The number of nitrogens with one attached hydrogen (secondary N) is 2. The van der Waals surface area contributed by atoms with Crippen molar-refractivity contribution >= 4 is 11.8 Å². The van der Waals surface area contributed by atoms with Crippen molar-refractivity contribution in [1.29, 1.82) is 0 Å². The van der Waals surface area contributed by atoms with Crippen LogP contribution >= 0.6 is 0 Å². The molecule has 0 fully saturated rings. The Labute approximate surface area is 145 Å². The number of hydrogen-bond donors (Lipinski definition) is 2. The summed E-state index contributed by atoms with van der Waals surface area (Å²) in [5, 5.41) is 5.29. The fourth-order valence-corrected chi connectivity index (χ4v) is 2.41. The second-order valence-electron chi connectivity index (χ2n) is 5.91. The van der Waals surface area contributed by atoms with E-state index in [9.17, 15) is 9.59 Å². The third-order valence-electron chi connectivity index (χ3n) is 3.86. The monoisotopic (exact) mass is 334 g/mol. The summed E-state index contributed by atoms with van der Waals surface area (Å²) in [6.45, 7) is 3.06. The minimum Gasteiger partial charge on any atom is -0.497 e. The number of ether oxygens (including phenoxy) is 1. The quantitative estimate of drug-likeness (QED) is 0.482. The largest absolute Gasteiger partial charge is 0.497 e. The summed E-state index contributed by atoms with van der Waals surface area (Å²) in [4.78, 5) is 23.5. The van der Waals surface area contributed by atoms with Gasteiger partial charge in [0.15, 0.2) is 0 Å². The molecule has 0 spiro atoms. The van der Waals surface area contributed by atoms with E-state index in [1.807, 2.05) is 24.3 Å². The predicted octanol–water partition coefficient (Wildman–Crippen LogP) is 3.18. The maximum Gasteiger partial charge on any atom is 0.309 e. The highest BCUT2D eigenvalue weighted by Crippen LogP contribution is 2.12. The average Bonchev–Trinajstić information content (AvgIpc) is 2.61. The molecule has 0 radical (unpaired) electrons. The van der Waals surface area contributed by atoms with Crippen LogP contribution in [0.5, 0.6) is 5.75 Å². The molecule has 0 unspecified atom stereocenters. The number of rotatable bonds is 11. The zero-order valence-corrected chi connectivity index (χ0v) is 14.9. The molecule has 1 aromatic rings. The summed E-state index contributed by atoms with van der Waals surface area (Å²) in [7, 11) is 1.59. The van der Waals surface area contributed by atoms with Crippen molar-refractivity contribution in [2.45, 2.75) is 58.4 Å². The first kappa shape index (κ1) is 20.0. The number of amides is 2. The van der Waals surface area contributed by atoms with Crippen LogP contribution in [-0.4, -0.2) is 25.5 Å². The van der Waals surface area contributed by atoms with Crippen LogP contribution in [0.4, 0.5) is 0 Å². The minimum atomic E-state index is -0.597. The van der Waals surface area contributed by atoms with Gasteiger partial charge in [-0.05, 0) is 24.1 Å². The number of unbranched alkanes of at least 4 members (excludes halogenated alkanes) is 6. The zero-order valence-electron chi connectivity index (χ0n) is 14.9. The Morgan fingerprint density at radius 1 is 0.958 bits per heavy atom. The van der Waals surface area contributed by atoms with E-state index in [1.54, 1.807) is 7.11 Å². The molecule has 0 aliphatic carbocycles. The van der Waals surface area contributed by atoms with Crippen LogP contribution in [0.3, 0.4) is 0 Å². The molecule has 24 heavy (non-hydrogen) atoms. The fraction of sp³-hybridized carbons (Fsp3) is 0.579. The third kappa shape index (κ3) is 8.56. The van der Waals surface area contributed by atoms with Crippen molar-refractivity contribution in [3.63, 3.8) is 0 Å². The van der Waals surface area contributed by atoms with Gasteiger partial charge in [-0.2, -0.15) is 0 Å². The first-order chi connectivity index (χ1) is 11.7. The van der Waals surface area contributed by atoms with Gasteiger partial charge in [-0.15, -0.1) is 0 Å². The summed E-state index contributed by atoms with van der Waals surface area (Å²) in [6, 6.07) is 7.39. The van der Waals surface area contributed by atoms with E-state index in [0.29, 0.717) is 13.1 Å². The van der Waals surface area contributed by atoms with Crippen molar-refractivity contribution in [2.24, 2.45) is 0 Å². The highest BCUT2D eigenvalue weighted by molar-refractivity contribution is 6.35. The second-order valence-corrected chi connectivity index (χ2v) is 5.91. The van der Waals surface area contributed by atoms with E-state index in [1.165, 1.54) is 32.1 Å². The molecule has 0 saturated carbocycles. The van der Waals surface area contributed by atoms with Crippen LogP contribution in [0.25, 0.3) is 0 Å². The molecule has 0 heterocycles. The topological polar surface area (TPSA) is 67.4 Å². The maximum absolute atomic E-state index is 11.8. The first-order valence-corrected chi connectivity index (χ1v) is 8.86. The standard InChI is InChI=1S/C19H30N2O3/c1-3-4-5-6-7-8-9-13-20-18(22)19(23)21-15-16-11-10-12-17(14-16)24-2/h10-12,14H,3-9,13,15H2,1-2H3,(H,20,22)(H,21,23). The lowest BCUT2D eigenvalue weighted by molar-refractivity contribution is -0.139. The molecule has 0 bridgehead atoms. The fourth-order valence-electron chi connectivity index (χ4n) is 2.41. The van der Waals surface area contributed by atoms with Crippen LogP contribution in [0.1, 0.15) is 57.4 Å². The molecule has 0 aromatic heterocycles. The number of hydrogen-bond acceptors (Lipinski definition) is 3. The molecule has 0 aliphatic heterocycles. The molecule has 0 aliphatic rings. The maximum atomic E-state index is 11.8. The van der Waals surface area contributed by atoms with E-state index >= 15 is 0 Å². The molecule has 5 heteroatoms. The molecular weight excluding hydrogens is 304 g/mol. The summed E-state index contributed by atoms with van der Waals surface area (Å²) in [6.07, 6.45) is 8.29. The van der Waals surface area contributed by atoms with Crippen LogP contribution in [0, 0.1) is 0 Å². The smallest absolute Gasteiger partial charge is 0.309 e. The SMILES string of the molecule is CCCCCCCCCNC(=O)C(=O)NCc1cccc(OC)c1. The Kier molecular flexibility index (Phi) is 10.3. The Hall–Kier alpha value is -2.04. The van der Waals surface area contributed by atoms with Gasteiger partial charge < -0.3 is 15.4 Å². The first-order valence-electron chi connectivity index (χ1n) is 8.86. The van der Waals surface area contributed by atoms with Gasteiger partial charge >= 0.3 is 11.8 Å². The van der Waals surface area contributed by atoms with Crippen LogP contribution in [0.2, 0.25) is 0 Å². The van der Waals surface area contributed by atoms with Crippen molar-refractivity contribution in [3.05, 3.63) is 29.8 Å². The summed E-state index contributed by atoms with van der Waals surface area (Å²) < 4.78 is 5.12. The zero-order chi connectivity index (χ0) is 17.6. The van der Waals surface area contributed by atoms with Gasteiger partial charge in [-0.3, -0.25) is 9.59 Å². The molecule has 134 valence electrons. The van der Waals surface area contributed by atoms with Crippen molar-refractivity contribution in [1.82, 2.24) is 10.6 Å². The number of methoxy groups -OCH3 is 1. The molecule has 1 rings (SSSR count). The van der Waals surface area contributed by atoms with Crippen molar-refractivity contribution in [2.75, 3.05) is 13.7 Å². The van der Waals surface area contributed by atoms with Gasteiger partial charge in [-0.1, -0.05) is 57.6 Å². The Morgan fingerprint density at radius 2 is 1.62 bits per heavy atom. The van der Waals surface area contributed by atoms with E-state index in [-0.39, 0.29) is 0 Å². The molecule has 2 amide bonds. The predicted molar refractivity (Wildman–Crippen MR) is 95.8 cm³/mol. The summed E-state index contributed by atoms with van der Waals surface area (Å²) in [5.74, 6) is -0.435. The molecule has 1 aromatic carbocycles. The van der Waals surface area contributed by atoms with Gasteiger partial charge in [0.1, 0.15) is 5.75 Å². The molecular formula is C19H30N2O3. The highest BCUT2D eigenvalue weighted by Gasteiger charge is 2.12. The van der Waals surface area contributed by atoms with Crippen molar-refractivity contribution in [3.8, 4) is 5.75 Å². The number of benzene rings is 1. The Balaban J connectivity index is 2.13. The van der Waals surface area contributed by atoms with Gasteiger partial charge in [0.2, 0.25) is 0 Å². The van der Waals surface area contributed by atoms with Gasteiger partial charge in [0.25, 0.3) is 0 Å². The number of carbonyl (C=O) groups excluding carboxylic acids is 2.